The van der Waals surface area contributed by atoms with Gasteiger partial charge in [-0.05, 0) is 24.8 Å². The van der Waals surface area contributed by atoms with E-state index in [0.717, 1.165) is 25.1 Å². The number of alkyl halides is 4. The molecule has 1 amide bonds. The number of nitrogens with two attached hydrogens (primary N) is 1. The molecule has 0 aliphatic heterocycles. The largest absolute Gasteiger partial charge is 0.471 e. The van der Waals surface area contributed by atoms with Gasteiger partial charge in [0.15, 0.2) is 6.61 Å². The Hall–Kier alpha value is -1.61. The second kappa shape index (κ2) is 8.48. The first-order valence-electron chi connectivity index (χ1n) is 7.08. The van der Waals surface area contributed by atoms with Crippen LogP contribution in [0, 0.1) is 5.92 Å². The molecule has 1 unspecified atom stereocenters. The Balaban J connectivity index is 0.00000288. The fourth-order valence-electron chi connectivity index (χ4n) is 1.84. The Morgan fingerprint density at radius 1 is 1.42 bits per heavy atom. The maximum Gasteiger partial charge on any atom is 0.340 e. The second-order valence-corrected chi connectivity index (χ2v) is 5.45. The molecule has 0 aromatic carbocycles. The molecule has 2 rings (SSSR count). The number of hydrogen-bond acceptors (Lipinski definition) is 4. The molecule has 10 heteroatoms. The number of nitrogens with zero attached hydrogens (tertiary/aromatic N) is 1. The smallest absolute Gasteiger partial charge is 0.340 e. The minimum Gasteiger partial charge on any atom is -0.471 e. The van der Waals surface area contributed by atoms with Gasteiger partial charge in [0.1, 0.15) is 0 Å². The summed E-state index contributed by atoms with van der Waals surface area (Å²) in [6, 6.07) is 2.38. The molecule has 1 aromatic heterocycles. The summed E-state index contributed by atoms with van der Waals surface area (Å²) in [5, 5.41) is 2.65. The molecule has 3 N–H and O–H groups in total. The fraction of sp³-hybridized carbons (Fsp3) is 0.571. The molecule has 1 saturated carbocycles. The Morgan fingerprint density at radius 3 is 2.58 bits per heavy atom. The van der Waals surface area contributed by atoms with Gasteiger partial charge in [0.2, 0.25) is 5.88 Å². The molecule has 0 radical (unpaired) electrons. The van der Waals surface area contributed by atoms with Crippen LogP contribution in [-0.4, -0.2) is 42.4 Å². The van der Waals surface area contributed by atoms with E-state index in [4.69, 9.17) is 5.73 Å². The summed E-state index contributed by atoms with van der Waals surface area (Å²) < 4.78 is 53.9. The van der Waals surface area contributed by atoms with Crippen LogP contribution in [0.2, 0.25) is 0 Å². The first-order valence-corrected chi connectivity index (χ1v) is 7.08. The lowest BCUT2D eigenvalue weighted by Crippen LogP contribution is -2.38. The number of hydrogen-bond donors (Lipinski definition) is 2. The minimum atomic E-state index is -4.25. The van der Waals surface area contributed by atoms with Crippen molar-refractivity contribution in [1.82, 2.24) is 10.3 Å². The number of halogens is 5. The number of pyridine rings is 1. The van der Waals surface area contributed by atoms with Crippen LogP contribution in [0.25, 0.3) is 0 Å². The summed E-state index contributed by atoms with van der Waals surface area (Å²) in [6.07, 6.45) is -0.571. The van der Waals surface area contributed by atoms with Gasteiger partial charge in [-0.2, -0.15) is 8.78 Å². The first kappa shape index (κ1) is 20.4. The van der Waals surface area contributed by atoms with E-state index in [0.29, 0.717) is 12.5 Å². The fourth-order valence-corrected chi connectivity index (χ4v) is 1.84. The van der Waals surface area contributed by atoms with Gasteiger partial charge >= 0.3 is 12.3 Å². The summed E-state index contributed by atoms with van der Waals surface area (Å²) >= 11 is 0. The van der Waals surface area contributed by atoms with E-state index < -0.39 is 24.9 Å². The molecule has 1 atom stereocenters. The van der Waals surface area contributed by atoms with Crippen LogP contribution in [0.15, 0.2) is 18.3 Å². The molecule has 1 aromatic rings. The van der Waals surface area contributed by atoms with Crippen molar-refractivity contribution in [1.29, 1.82) is 0 Å². The van der Waals surface area contributed by atoms with Gasteiger partial charge in [0.05, 0.1) is 5.56 Å². The Bertz CT molecular complexity index is 541. The van der Waals surface area contributed by atoms with E-state index in [-0.39, 0.29) is 29.9 Å². The highest BCUT2D eigenvalue weighted by Crippen LogP contribution is 2.31. The van der Waals surface area contributed by atoms with Crippen molar-refractivity contribution < 1.29 is 27.1 Å². The summed E-state index contributed by atoms with van der Waals surface area (Å²) in [5.41, 5.74) is 6.05. The molecule has 0 saturated heterocycles. The predicted molar refractivity (Wildman–Crippen MR) is 81.0 cm³/mol. The number of nitrogens with one attached hydrogen (secondary N) is 1. The van der Waals surface area contributed by atoms with Crippen molar-refractivity contribution in [3.63, 3.8) is 0 Å². The van der Waals surface area contributed by atoms with Gasteiger partial charge in [-0.15, -0.1) is 12.4 Å². The van der Waals surface area contributed by atoms with E-state index >= 15 is 0 Å². The number of carbonyl (C=O) groups is 1. The third kappa shape index (κ3) is 5.79. The van der Waals surface area contributed by atoms with Crippen LogP contribution in [0.3, 0.4) is 0 Å². The number of aromatic nitrogens is 1. The van der Waals surface area contributed by atoms with Crippen molar-refractivity contribution in [2.45, 2.75) is 31.2 Å². The highest BCUT2D eigenvalue weighted by molar-refractivity contribution is 5.93. The minimum absolute atomic E-state index is 0. The van der Waals surface area contributed by atoms with Crippen LogP contribution in [0.1, 0.15) is 23.2 Å². The maximum absolute atomic E-state index is 12.7. The molecule has 1 aliphatic rings. The lowest BCUT2D eigenvalue weighted by Gasteiger charge is -2.15. The van der Waals surface area contributed by atoms with Crippen molar-refractivity contribution in [3.05, 3.63) is 23.9 Å². The van der Waals surface area contributed by atoms with Gasteiger partial charge < -0.3 is 15.8 Å². The number of carbonyl (C=O) groups excluding carboxylic acids is 1. The van der Waals surface area contributed by atoms with Gasteiger partial charge in [0, 0.05) is 24.8 Å². The highest BCUT2D eigenvalue weighted by Gasteiger charge is 2.41. The zero-order chi connectivity index (χ0) is 17.0. The van der Waals surface area contributed by atoms with Crippen molar-refractivity contribution in [3.8, 4) is 5.88 Å². The molecule has 1 aliphatic carbocycles. The summed E-state index contributed by atoms with van der Waals surface area (Å²) in [7, 11) is 0. The van der Waals surface area contributed by atoms with E-state index in [2.05, 4.69) is 15.0 Å². The van der Waals surface area contributed by atoms with Gasteiger partial charge in [-0.25, -0.2) is 13.8 Å². The monoisotopic (exact) mass is 371 g/mol. The quantitative estimate of drug-likeness (QED) is 0.687. The van der Waals surface area contributed by atoms with E-state index in [9.17, 15) is 22.4 Å². The predicted octanol–water partition coefficient (Wildman–Crippen LogP) is 2.25. The number of ether oxygens (including phenoxy) is 1. The lowest BCUT2D eigenvalue weighted by atomic mass is 10.2. The Morgan fingerprint density at radius 2 is 2.08 bits per heavy atom. The topological polar surface area (TPSA) is 77.2 Å². The average molecular weight is 372 g/mol. The van der Waals surface area contributed by atoms with Crippen molar-refractivity contribution >= 4 is 18.3 Å². The molecule has 0 bridgehead atoms. The average Bonchev–Trinajstić information content (AvgIpc) is 3.35. The Labute approximate surface area is 142 Å². The molecule has 5 nitrogen and oxygen atoms in total. The first-order chi connectivity index (χ1) is 10.8. The lowest BCUT2D eigenvalue weighted by molar-refractivity contribution is -0.148. The standard InChI is InChI=1S/C14H17F4N3O2.ClH/c15-13(16)14(17,18)7-23-11-4-3-9(5-20-11)12(22)21-6-10(19)8-1-2-8;/h3-5,8,10,13H,1-2,6-7,19H2,(H,21,22);1H. The van der Waals surface area contributed by atoms with Crippen LogP contribution in [-0.2, 0) is 0 Å². The van der Waals surface area contributed by atoms with Gasteiger partial charge in [-0.1, -0.05) is 0 Å². The summed E-state index contributed by atoms with van der Waals surface area (Å²) in [5.74, 6) is -4.48. The third-order valence-electron chi connectivity index (χ3n) is 3.46. The van der Waals surface area contributed by atoms with Crippen LogP contribution in [0.5, 0.6) is 5.88 Å². The Kier molecular flexibility index (Phi) is 7.22. The van der Waals surface area contributed by atoms with Crippen molar-refractivity contribution in [2.75, 3.05) is 13.2 Å². The van der Waals surface area contributed by atoms with Crippen LogP contribution < -0.4 is 15.8 Å². The van der Waals surface area contributed by atoms with E-state index in [1.807, 2.05) is 0 Å². The molecular weight excluding hydrogens is 354 g/mol. The zero-order valence-electron chi connectivity index (χ0n) is 12.6. The normalized spacial score (nSPS) is 15.6. The zero-order valence-corrected chi connectivity index (χ0v) is 13.4. The number of rotatable bonds is 8. The molecular formula is C14H18ClF4N3O2. The SMILES string of the molecule is Cl.NC(CNC(=O)c1ccc(OCC(F)(F)C(F)F)nc1)C1CC1. The number of amides is 1. The van der Waals surface area contributed by atoms with E-state index in [1.165, 1.54) is 6.07 Å². The molecule has 1 heterocycles. The van der Waals surface area contributed by atoms with Gasteiger partial charge in [0.25, 0.3) is 5.91 Å². The summed E-state index contributed by atoms with van der Waals surface area (Å²) in [4.78, 5) is 15.5. The van der Waals surface area contributed by atoms with Gasteiger partial charge in [-0.3, -0.25) is 4.79 Å². The maximum atomic E-state index is 12.7. The third-order valence-corrected chi connectivity index (χ3v) is 3.46. The van der Waals surface area contributed by atoms with Crippen LogP contribution in [0.4, 0.5) is 17.6 Å². The van der Waals surface area contributed by atoms with Crippen molar-refractivity contribution in [2.24, 2.45) is 11.7 Å². The van der Waals surface area contributed by atoms with E-state index in [1.54, 1.807) is 0 Å². The second-order valence-electron chi connectivity index (χ2n) is 5.45. The highest BCUT2D eigenvalue weighted by atomic mass is 35.5. The molecule has 1 fully saturated rings. The van der Waals surface area contributed by atoms with Crippen LogP contribution >= 0.6 is 12.4 Å². The molecule has 24 heavy (non-hydrogen) atoms. The molecule has 136 valence electrons. The molecule has 0 spiro atoms. The summed E-state index contributed by atoms with van der Waals surface area (Å²) in [6.45, 7) is -1.15.